The van der Waals surface area contributed by atoms with Gasteiger partial charge in [0.15, 0.2) is 0 Å². The number of nitrogens with one attached hydrogen (secondary N) is 1. The number of primary amides is 1. The Kier molecular flexibility index (Phi) is 3.98. The molecule has 1 rings (SSSR count). The molecule has 1 aromatic rings. The van der Waals surface area contributed by atoms with E-state index >= 15 is 0 Å². The summed E-state index contributed by atoms with van der Waals surface area (Å²) in [4.78, 5) is 10.8. The molecule has 7 heteroatoms. The molecule has 0 aromatic heterocycles. The van der Waals surface area contributed by atoms with Crippen molar-refractivity contribution in [3.8, 4) is 5.75 Å². The Bertz CT molecular complexity index is 535. The standard InChI is InChI=1S/C11H16N2O4S/c1-11(2,7-10(12)15)13-18(16,17)9-5-3-8(14)4-6-9/h3-6,13-14H,7H2,1-2H3,(H2,12,15). The number of phenols is 1. The fourth-order valence-corrected chi connectivity index (χ4v) is 2.93. The SMILES string of the molecule is CC(C)(CC(N)=O)NS(=O)(=O)c1ccc(O)cc1. The van der Waals surface area contributed by atoms with E-state index in [0.717, 1.165) is 0 Å². The molecular weight excluding hydrogens is 256 g/mol. The van der Waals surface area contributed by atoms with E-state index in [1.807, 2.05) is 0 Å². The summed E-state index contributed by atoms with van der Waals surface area (Å²) in [5, 5.41) is 9.10. The van der Waals surface area contributed by atoms with E-state index in [1.54, 1.807) is 13.8 Å². The van der Waals surface area contributed by atoms with E-state index in [2.05, 4.69) is 4.72 Å². The van der Waals surface area contributed by atoms with Gasteiger partial charge < -0.3 is 10.8 Å². The lowest BCUT2D eigenvalue weighted by Crippen LogP contribution is -2.45. The highest BCUT2D eigenvalue weighted by Gasteiger charge is 2.27. The predicted molar refractivity (Wildman–Crippen MR) is 66.3 cm³/mol. The molecule has 0 radical (unpaired) electrons. The summed E-state index contributed by atoms with van der Waals surface area (Å²) in [6.45, 7) is 3.13. The maximum Gasteiger partial charge on any atom is 0.241 e. The molecule has 0 saturated heterocycles. The van der Waals surface area contributed by atoms with Gasteiger partial charge in [-0.05, 0) is 38.1 Å². The molecule has 6 nitrogen and oxygen atoms in total. The molecule has 0 fully saturated rings. The van der Waals surface area contributed by atoms with Gasteiger partial charge in [0.1, 0.15) is 5.75 Å². The molecule has 0 aliphatic carbocycles. The Morgan fingerprint density at radius 2 is 1.83 bits per heavy atom. The Hall–Kier alpha value is -1.60. The molecular formula is C11H16N2O4S. The van der Waals surface area contributed by atoms with Crippen LogP contribution in [-0.4, -0.2) is 25.0 Å². The summed E-state index contributed by atoms with van der Waals surface area (Å²) >= 11 is 0. The lowest BCUT2D eigenvalue weighted by atomic mass is 10.0. The first-order valence-electron chi connectivity index (χ1n) is 5.24. The van der Waals surface area contributed by atoms with Crippen molar-refractivity contribution in [3.63, 3.8) is 0 Å². The lowest BCUT2D eigenvalue weighted by molar-refractivity contribution is -0.119. The van der Waals surface area contributed by atoms with E-state index in [0.29, 0.717) is 0 Å². The molecule has 1 amide bonds. The van der Waals surface area contributed by atoms with Crippen LogP contribution in [0.5, 0.6) is 5.75 Å². The van der Waals surface area contributed by atoms with Crippen LogP contribution in [0.3, 0.4) is 0 Å². The van der Waals surface area contributed by atoms with Crippen LogP contribution in [0.15, 0.2) is 29.2 Å². The number of sulfonamides is 1. The van der Waals surface area contributed by atoms with Gasteiger partial charge in [0.05, 0.1) is 4.90 Å². The molecule has 0 aliphatic heterocycles. The van der Waals surface area contributed by atoms with Crippen molar-refractivity contribution in [1.29, 1.82) is 0 Å². The molecule has 0 atom stereocenters. The normalized spacial score (nSPS) is 12.3. The van der Waals surface area contributed by atoms with Gasteiger partial charge in [-0.25, -0.2) is 13.1 Å². The van der Waals surface area contributed by atoms with Crippen LogP contribution >= 0.6 is 0 Å². The molecule has 0 heterocycles. The molecule has 4 N–H and O–H groups in total. The second-order valence-electron chi connectivity index (χ2n) is 4.63. The van der Waals surface area contributed by atoms with Crippen LogP contribution in [-0.2, 0) is 14.8 Å². The zero-order valence-corrected chi connectivity index (χ0v) is 11.0. The number of rotatable bonds is 5. The van der Waals surface area contributed by atoms with E-state index in [-0.39, 0.29) is 17.1 Å². The minimum Gasteiger partial charge on any atom is -0.508 e. The quantitative estimate of drug-likeness (QED) is 0.717. The molecule has 0 aliphatic rings. The fourth-order valence-electron chi connectivity index (χ4n) is 1.52. The maximum atomic E-state index is 12.0. The van der Waals surface area contributed by atoms with Gasteiger partial charge >= 0.3 is 0 Å². The first kappa shape index (κ1) is 14.5. The number of hydrogen-bond donors (Lipinski definition) is 3. The summed E-state index contributed by atoms with van der Waals surface area (Å²) in [6, 6.07) is 5.10. The van der Waals surface area contributed by atoms with Crippen LogP contribution in [0.1, 0.15) is 20.3 Å². The van der Waals surface area contributed by atoms with Crippen molar-refractivity contribution in [2.24, 2.45) is 5.73 Å². The van der Waals surface area contributed by atoms with Gasteiger partial charge in [0.25, 0.3) is 0 Å². The van der Waals surface area contributed by atoms with Crippen molar-refractivity contribution in [2.75, 3.05) is 0 Å². The van der Waals surface area contributed by atoms with Crippen LogP contribution in [0, 0.1) is 0 Å². The highest BCUT2D eigenvalue weighted by molar-refractivity contribution is 7.89. The summed E-state index contributed by atoms with van der Waals surface area (Å²) in [7, 11) is -3.75. The van der Waals surface area contributed by atoms with Crippen molar-refractivity contribution in [3.05, 3.63) is 24.3 Å². The Labute approximate surface area is 106 Å². The van der Waals surface area contributed by atoms with Crippen LogP contribution in [0.4, 0.5) is 0 Å². The number of nitrogens with two attached hydrogens (primary N) is 1. The molecule has 0 spiro atoms. The second kappa shape index (κ2) is 4.95. The summed E-state index contributed by atoms with van der Waals surface area (Å²) in [5.41, 5.74) is 4.08. The van der Waals surface area contributed by atoms with Crippen LogP contribution < -0.4 is 10.5 Å². The average molecular weight is 272 g/mol. The van der Waals surface area contributed by atoms with Gasteiger partial charge in [-0.1, -0.05) is 0 Å². The van der Waals surface area contributed by atoms with E-state index in [9.17, 15) is 13.2 Å². The number of carbonyl (C=O) groups is 1. The topological polar surface area (TPSA) is 109 Å². The molecule has 18 heavy (non-hydrogen) atoms. The number of aromatic hydroxyl groups is 1. The van der Waals surface area contributed by atoms with Crippen molar-refractivity contribution < 1.29 is 18.3 Å². The molecule has 1 aromatic carbocycles. The van der Waals surface area contributed by atoms with Crippen LogP contribution in [0.25, 0.3) is 0 Å². The molecule has 0 saturated carbocycles. The van der Waals surface area contributed by atoms with Gasteiger partial charge in [-0.15, -0.1) is 0 Å². The molecule has 0 unspecified atom stereocenters. The number of benzene rings is 1. The third-order valence-corrected chi connectivity index (χ3v) is 3.89. The third-order valence-electron chi connectivity index (χ3n) is 2.17. The summed E-state index contributed by atoms with van der Waals surface area (Å²) < 4.78 is 26.4. The van der Waals surface area contributed by atoms with E-state index < -0.39 is 21.5 Å². The van der Waals surface area contributed by atoms with Crippen molar-refractivity contribution in [1.82, 2.24) is 4.72 Å². The first-order chi connectivity index (χ1) is 8.12. The number of amides is 1. The zero-order valence-electron chi connectivity index (χ0n) is 10.2. The highest BCUT2D eigenvalue weighted by Crippen LogP contribution is 2.17. The predicted octanol–water partition coefficient (Wildman–Crippen LogP) is 0.325. The average Bonchev–Trinajstić information content (AvgIpc) is 2.13. The van der Waals surface area contributed by atoms with E-state index in [1.165, 1.54) is 24.3 Å². The Morgan fingerprint density at radius 3 is 2.28 bits per heavy atom. The summed E-state index contributed by atoms with van der Waals surface area (Å²) in [6.07, 6.45) is -0.107. The fraction of sp³-hybridized carbons (Fsp3) is 0.364. The zero-order chi connectivity index (χ0) is 14.0. The van der Waals surface area contributed by atoms with Crippen molar-refractivity contribution >= 4 is 15.9 Å². The Morgan fingerprint density at radius 1 is 1.33 bits per heavy atom. The molecule has 100 valence electrons. The second-order valence-corrected chi connectivity index (χ2v) is 6.31. The minimum atomic E-state index is -3.75. The smallest absolute Gasteiger partial charge is 0.241 e. The largest absolute Gasteiger partial charge is 0.508 e. The maximum absolute atomic E-state index is 12.0. The van der Waals surface area contributed by atoms with Gasteiger partial charge in [0.2, 0.25) is 15.9 Å². The number of phenolic OH excluding ortho intramolecular Hbond substituents is 1. The summed E-state index contributed by atoms with van der Waals surface area (Å²) in [5.74, 6) is -0.612. The first-order valence-corrected chi connectivity index (χ1v) is 6.72. The highest BCUT2D eigenvalue weighted by atomic mass is 32.2. The number of carbonyl (C=O) groups excluding carboxylic acids is 1. The Balaban J connectivity index is 2.95. The van der Waals surface area contributed by atoms with E-state index in [4.69, 9.17) is 10.8 Å². The monoisotopic (exact) mass is 272 g/mol. The van der Waals surface area contributed by atoms with Crippen LogP contribution in [0.2, 0.25) is 0 Å². The number of hydrogen-bond acceptors (Lipinski definition) is 4. The lowest BCUT2D eigenvalue weighted by Gasteiger charge is -2.24. The van der Waals surface area contributed by atoms with Gasteiger partial charge in [-0.2, -0.15) is 0 Å². The van der Waals surface area contributed by atoms with Crippen molar-refractivity contribution in [2.45, 2.75) is 30.7 Å². The molecule has 0 bridgehead atoms. The van der Waals surface area contributed by atoms with Gasteiger partial charge in [0, 0.05) is 12.0 Å². The van der Waals surface area contributed by atoms with Gasteiger partial charge in [-0.3, -0.25) is 4.79 Å². The third kappa shape index (κ3) is 4.01. The minimum absolute atomic E-state index is 0.0119.